The molecule has 0 aromatic carbocycles. The molecule has 0 atom stereocenters. The fraction of sp³-hybridized carbons (Fsp3) is 0.455. The van der Waals surface area contributed by atoms with Crippen LogP contribution in [0.25, 0.3) is 0 Å². The van der Waals surface area contributed by atoms with Crippen LogP contribution >= 0.6 is 0 Å². The second-order valence-corrected chi connectivity index (χ2v) is 4.31. The van der Waals surface area contributed by atoms with Crippen LogP contribution in [0.2, 0.25) is 0 Å². The van der Waals surface area contributed by atoms with Gasteiger partial charge in [0.2, 0.25) is 0 Å². The zero-order valence-corrected chi connectivity index (χ0v) is 9.63. The highest BCUT2D eigenvalue weighted by atomic mass is 16.6. The number of pyridine rings is 1. The largest absolute Gasteiger partial charge is 0.478 e. The molecule has 1 fully saturated rings. The molecule has 0 unspecified atom stereocenters. The van der Waals surface area contributed by atoms with Crippen LogP contribution in [-0.2, 0) is 0 Å². The van der Waals surface area contributed by atoms with Gasteiger partial charge in [-0.25, -0.2) is 9.78 Å². The van der Waals surface area contributed by atoms with Gasteiger partial charge in [-0.1, -0.05) is 12.8 Å². The van der Waals surface area contributed by atoms with Crippen molar-refractivity contribution in [3.8, 4) is 0 Å². The predicted molar refractivity (Wildman–Crippen MR) is 63.7 cm³/mol. The van der Waals surface area contributed by atoms with Crippen molar-refractivity contribution in [3.63, 3.8) is 0 Å². The predicted octanol–water partition coefficient (Wildman–Crippen LogP) is 1.90. The Hall–Kier alpha value is -2.18. The van der Waals surface area contributed by atoms with Gasteiger partial charge in [0.1, 0.15) is 17.6 Å². The van der Waals surface area contributed by atoms with Crippen LogP contribution in [0, 0.1) is 16.0 Å². The molecule has 0 spiro atoms. The van der Waals surface area contributed by atoms with Gasteiger partial charge in [0, 0.05) is 12.6 Å². The lowest BCUT2D eigenvalue weighted by molar-refractivity contribution is -0.385. The molecule has 1 heterocycles. The molecule has 7 nitrogen and oxygen atoms in total. The van der Waals surface area contributed by atoms with E-state index in [2.05, 4.69) is 10.3 Å². The molecule has 0 radical (unpaired) electrons. The van der Waals surface area contributed by atoms with E-state index in [1.807, 2.05) is 0 Å². The minimum Gasteiger partial charge on any atom is -0.478 e. The maximum atomic E-state index is 11.0. The third-order valence-corrected chi connectivity index (χ3v) is 2.86. The molecule has 1 aromatic rings. The fourth-order valence-electron chi connectivity index (χ4n) is 1.66. The third kappa shape index (κ3) is 2.93. The Morgan fingerprint density at radius 3 is 2.89 bits per heavy atom. The van der Waals surface area contributed by atoms with E-state index >= 15 is 0 Å². The zero-order chi connectivity index (χ0) is 13.1. The lowest BCUT2D eigenvalue weighted by atomic mass is 10.2. The Balaban J connectivity index is 2.11. The molecule has 1 aliphatic carbocycles. The van der Waals surface area contributed by atoms with Crippen molar-refractivity contribution in [2.45, 2.75) is 19.3 Å². The summed E-state index contributed by atoms with van der Waals surface area (Å²) in [5.74, 6) is -0.308. The number of carboxylic acids is 1. The summed E-state index contributed by atoms with van der Waals surface area (Å²) in [6, 6.07) is 1.02. The van der Waals surface area contributed by atoms with Crippen molar-refractivity contribution in [1.82, 2.24) is 4.98 Å². The lowest BCUT2D eigenvalue weighted by Gasteiger charge is -2.07. The molecule has 1 saturated carbocycles. The molecule has 1 aromatic heterocycles. The first kappa shape index (κ1) is 12.3. The van der Waals surface area contributed by atoms with Gasteiger partial charge in [0.25, 0.3) is 5.69 Å². The number of nitrogens with one attached hydrogen (secondary N) is 1. The number of anilines is 1. The molecule has 7 heteroatoms. The molecular formula is C11H13N3O4. The van der Waals surface area contributed by atoms with Crippen LogP contribution in [0.1, 0.15) is 29.6 Å². The number of carboxylic acid groups (broad SMARTS) is 1. The summed E-state index contributed by atoms with van der Waals surface area (Å²) >= 11 is 0. The van der Waals surface area contributed by atoms with E-state index in [9.17, 15) is 14.9 Å². The van der Waals surface area contributed by atoms with Gasteiger partial charge in [0.05, 0.1) is 4.92 Å². The number of aromatic nitrogens is 1. The van der Waals surface area contributed by atoms with Crippen LogP contribution in [0.4, 0.5) is 11.5 Å². The summed E-state index contributed by atoms with van der Waals surface area (Å²) in [6.45, 7) is 0.635. The first-order valence-electron chi connectivity index (χ1n) is 5.69. The molecule has 0 saturated heterocycles. The van der Waals surface area contributed by atoms with Gasteiger partial charge in [-0.2, -0.15) is 0 Å². The van der Waals surface area contributed by atoms with E-state index in [0.717, 1.165) is 24.6 Å². The Labute approximate surface area is 103 Å². The Morgan fingerprint density at radius 1 is 1.61 bits per heavy atom. The second-order valence-electron chi connectivity index (χ2n) is 4.31. The highest BCUT2D eigenvalue weighted by Gasteiger charge is 2.21. The minimum absolute atomic E-state index is 0.167. The van der Waals surface area contributed by atoms with Crippen molar-refractivity contribution >= 4 is 17.5 Å². The van der Waals surface area contributed by atoms with Gasteiger partial charge in [0.15, 0.2) is 0 Å². The smallest absolute Gasteiger partial charge is 0.339 e. The van der Waals surface area contributed by atoms with Crippen molar-refractivity contribution in [2.75, 3.05) is 11.9 Å². The highest BCUT2D eigenvalue weighted by molar-refractivity contribution is 5.93. The number of hydrogen-bond donors (Lipinski definition) is 2. The first-order valence-corrected chi connectivity index (χ1v) is 5.69. The molecule has 0 aliphatic heterocycles. The van der Waals surface area contributed by atoms with Crippen LogP contribution in [0.5, 0.6) is 0 Å². The van der Waals surface area contributed by atoms with Gasteiger partial charge in [-0.3, -0.25) is 10.1 Å². The summed E-state index contributed by atoms with van der Waals surface area (Å²) in [7, 11) is 0. The average Bonchev–Trinajstić information content (AvgIpc) is 3.13. The maximum Gasteiger partial charge on any atom is 0.339 e. The van der Waals surface area contributed by atoms with E-state index in [0.29, 0.717) is 6.54 Å². The Morgan fingerprint density at radius 2 is 2.33 bits per heavy atom. The third-order valence-electron chi connectivity index (χ3n) is 2.86. The number of hydrogen-bond acceptors (Lipinski definition) is 5. The van der Waals surface area contributed by atoms with Gasteiger partial charge >= 0.3 is 5.97 Å². The van der Waals surface area contributed by atoms with Crippen molar-refractivity contribution in [1.29, 1.82) is 0 Å². The van der Waals surface area contributed by atoms with Crippen LogP contribution < -0.4 is 5.32 Å². The number of nitro groups is 1. The van der Waals surface area contributed by atoms with Gasteiger partial charge in [-0.15, -0.1) is 0 Å². The fourth-order valence-corrected chi connectivity index (χ4v) is 1.66. The quantitative estimate of drug-likeness (QED) is 0.590. The highest BCUT2D eigenvalue weighted by Crippen LogP contribution is 2.32. The van der Waals surface area contributed by atoms with Gasteiger partial charge < -0.3 is 10.4 Å². The number of carbonyl (C=O) groups is 1. The monoisotopic (exact) mass is 251 g/mol. The number of aromatic carboxylic acids is 1. The molecular weight excluding hydrogens is 238 g/mol. The second kappa shape index (κ2) is 4.99. The SMILES string of the molecule is O=C(O)c1cc([N+](=O)[O-])cnc1NCCC1CC1. The van der Waals surface area contributed by atoms with E-state index in [1.54, 1.807) is 0 Å². The maximum absolute atomic E-state index is 11.0. The molecule has 0 amide bonds. The topological polar surface area (TPSA) is 105 Å². The molecule has 2 rings (SSSR count). The van der Waals surface area contributed by atoms with Crippen LogP contribution in [-0.4, -0.2) is 27.5 Å². The molecule has 96 valence electrons. The van der Waals surface area contributed by atoms with Crippen molar-refractivity contribution < 1.29 is 14.8 Å². The molecule has 2 N–H and O–H groups in total. The van der Waals surface area contributed by atoms with Crippen molar-refractivity contribution in [2.24, 2.45) is 5.92 Å². The first-order chi connectivity index (χ1) is 8.58. The normalized spacial score (nSPS) is 14.2. The minimum atomic E-state index is -1.22. The van der Waals surface area contributed by atoms with Crippen LogP contribution in [0.15, 0.2) is 12.3 Å². The summed E-state index contributed by atoms with van der Waals surface area (Å²) < 4.78 is 0. The molecule has 18 heavy (non-hydrogen) atoms. The summed E-state index contributed by atoms with van der Waals surface area (Å²) in [6.07, 6.45) is 4.48. The average molecular weight is 251 g/mol. The summed E-state index contributed by atoms with van der Waals surface area (Å²) in [4.78, 5) is 24.7. The zero-order valence-electron chi connectivity index (χ0n) is 9.63. The molecule has 1 aliphatic rings. The Kier molecular flexibility index (Phi) is 3.40. The van der Waals surface area contributed by atoms with Crippen LogP contribution in [0.3, 0.4) is 0 Å². The van der Waals surface area contributed by atoms with E-state index in [4.69, 9.17) is 5.11 Å². The molecule has 0 bridgehead atoms. The summed E-state index contributed by atoms with van der Waals surface area (Å²) in [5.41, 5.74) is -0.486. The van der Waals surface area contributed by atoms with E-state index in [-0.39, 0.29) is 17.1 Å². The number of rotatable bonds is 6. The standard InChI is InChI=1S/C11H13N3O4/c15-11(16)9-5-8(14(17)18)6-13-10(9)12-4-3-7-1-2-7/h5-7H,1-4H2,(H,12,13)(H,15,16). The van der Waals surface area contributed by atoms with Crippen molar-refractivity contribution in [3.05, 3.63) is 27.9 Å². The number of nitrogens with zero attached hydrogens (tertiary/aromatic N) is 2. The lowest BCUT2D eigenvalue weighted by Crippen LogP contribution is -2.10. The van der Waals surface area contributed by atoms with E-state index < -0.39 is 10.9 Å². The summed E-state index contributed by atoms with van der Waals surface area (Å²) in [5, 5.41) is 22.5. The van der Waals surface area contributed by atoms with E-state index in [1.165, 1.54) is 12.8 Å². The van der Waals surface area contributed by atoms with Gasteiger partial charge in [-0.05, 0) is 12.3 Å². The Bertz CT molecular complexity index is 485.